The van der Waals surface area contributed by atoms with Gasteiger partial charge >= 0.3 is 25.7 Å². The van der Waals surface area contributed by atoms with E-state index in [0.29, 0.717) is 6.42 Å². The van der Waals surface area contributed by atoms with E-state index in [1.807, 2.05) is 0 Å². The van der Waals surface area contributed by atoms with Crippen molar-refractivity contribution >= 4 is 25.7 Å². The van der Waals surface area contributed by atoms with Gasteiger partial charge in [0.2, 0.25) is 0 Å². The molecule has 55 heavy (non-hydrogen) atoms. The first-order valence-corrected chi connectivity index (χ1v) is 21.1. The Morgan fingerprint density at radius 1 is 0.673 bits per heavy atom. The third-order valence-corrected chi connectivity index (χ3v) is 9.06. The van der Waals surface area contributed by atoms with Crippen LogP contribution < -0.4 is 5.73 Å². The zero-order valence-corrected chi connectivity index (χ0v) is 33.7. The number of aliphatic hydroxyl groups is 3. The number of aliphatic carboxylic acids is 1. The summed E-state index contributed by atoms with van der Waals surface area (Å²) in [5, 5.41) is 39.3. The third-order valence-electron chi connectivity index (χ3n) is 8.10. The highest BCUT2D eigenvalue weighted by Gasteiger charge is 2.28. The van der Waals surface area contributed by atoms with Gasteiger partial charge in [0.15, 0.2) is 6.10 Å². The van der Waals surface area contributed by atoms with Crippen molar-refractivity contribution in [2.24, 2.45) is 5.73 Å². The van der Waals surface area contributed by atoms with E-state index in [9.17, 15) is 39.2 Å². The van der Waals surface area contributed by atoms with Gasteiger partial charge in [-0.05, 0) is 44.9 Å². The zero-order chi connectivity index (χ0) is 41.2. The van der Waals surface area contributed by atoms with Crippen molar-refractivity contribution in [3.05, 3.63) is 60.8 Å². The minimum Gasteiger partial charge on any atom is -0.480 e. The average molecular weight is 802 g/mol. The predicted molar refractivity (Wildman–Crippen MR) is 212 cm³/mol. The van der Waals surface area contributed by atoms with Crippen LogP contribution in [0.4, 0.5) is 0 Å². The second-order valence-corrected chi connectivity index (χ2v) is 14.7. The summed E-state index contributed by atoms with van der Waals surface area (Å²) in [6.07, 6.45) is 26.7. The molecule has 7 N–H and O–H groups in total. The molecule has 0 heterocycles. The van der Waals surface area contributed by atoms with Gasteiger partial charge in [0.1, 0.15) is 12.6 Å². The standard InChI is InChI=1S/C40H68NO13P/c1-3-5-7-8-9-10-11-12-13-18-22-28-38(45)51-30-34(31-52-55(49,50)53-32-35(41)40(47)48)54-39(46)29-23-27-37(44)36(43)26-21-17-15-14-16-20-25-33(42)24-19-6-4-2/h8-9,14-17,20-21,25-26,33-37,42-44H,3-7,10-13,18-19,22-24,27-32,41H2,1-2H3,(H,47,48)(H,49,50)/b9-8-,16-14-,17-15+,25-20+,26-21+/t33-,34+,35-,36-,37-/m0/s1. The van der Waals surface area contributed by atoms with E-state index in [1.165, 1.54) is 18.9 Å². The second-order valence-electron chi connectivity index (χ2n) is 13.3. The smallest absolute Gasteiger partial charge is 0.472 e. The number of carbonyl (C=O) groups excluding carboxylic acids is 2. The van der Waals surface area contributed by atoms with E-state index in [4.69, 9.17) is 24.8 Å². The van der Waals surface area contributed by atoms with Gasteiger partial charge in [0.25, 0.3) is 0 Å². The maximum Gasteiger partial charge on any atom is 0.472 e. The summed E-state index contributed by atoms with van der Waals surface area (Å²) in [5.41, 5.74) is 5.29. The molecule has 0 saturated heterocycles. The molecule has 0 radical (unpaired) electrons. The molecule has 0 rings (SSSR count). The number of hydrogen-bond donors (Lipinski definition) is 6. The summed E-state index contributed by atoms with van der Waals surface area (Å²) in [6, 6.07) is -1.58. The molecule has 14 nitrogen and oxygen atoms in total. The van der Waals surface area contributed by atoms with Gasteiger partial charge in [-0.1, -0.05) is 126 Å². The van der Waals surface area contributed by atoms with Gasteiger partial charge in [0, 0.05) is 12.8 Å². The van der Waals surface area contributed by atoms with Gasteiger partial charge in [0.05, 0.1) is 31.5 Å². The van der Waals surface area contributed by atoms with Crippen molar-refractivity contribution in [2.45, 2.75) is 153 Å². The van der Waals surface area contributed by atoms with Crippen molar-refractivity contribution in [3.63, 3.8) is 0 Å². The second kappa shape index (κ2) is 34.3. The van der Waals surface area contributed by atoms with E-state index in [-0.39, 0.29) is 25.7 Å². The van der Waals surface area contributed by atoms with Crippen LogP contribution in [0.5, 0.6) is 0 Å². The summed E-state index contributed by atoms with van der Waals surface area (Å²) in [4.78, 5) is 45.8. The molecule has 0 aliphatic carbocycles. The molecule has 6 atom stereocenters. The highest BCUT2D eigenvalue weighted by molar-refractivity contribution is 7.47. The van der Waals surface area contributed by atoms with Crippen LogP contribution in [0.3, 0.4) is 0 Å². The van der Waals surface area contributed by atoms with Crippen LogP contribution in [0, 0.1) is 0 Å². The quantitative estimate of drug-likeness (QED) is 0.0132. The first-order chi connectivity index (χ1) is 26.3. The number of hydrogen-bond acceptors (Lipinski definition) is 12. The van der Waals surface area contributed by atoms with Crippen LogP contribution >= 0.6 is 7.82 Å². The van der Waals surface area contributed by atoms with Gasteiger partial charge in [-0.2, -0.15) is 0 Å². The minimum atomic E-state index is -4.81. The first-order valence-electron chi connectivity index (χ1n) is 19.6. The highest BCUT2D eigenvalue weighted by Crippen LogP contribution is 2.43. The molecule has 0 saturated carbocycles. The number of aliphatic hydroxyl groups excluding tert-OH is 3. The van der Waals surface area contributed by atoms with Gasteiger partial charge in [-0.3, -0.25) is 23.4 Å². The minimum absolute atomic E-state index is 0.0466. The van der Waals surface area contributed by atoms with Crippen LogP contribution in [-0.2, 0) is 37.5 Å². The first kappa shape index (κ1) is 52.1. The lowest BCUT2D eigenvalue weighted by Gasteiger charge is -2.20. The Kier molecular flexibility index (Phi) is 32.5. The van der Waals surface area contributed by atoms with E-state index in [2.05, 4.69) is 30.5 Å². The summed E-state index contributed by atoms with van der Waals surface area (Å²) in [7, 11) is -4.81. The lowest BCUT2D eigenvalue weighted by Crippen LogP contribution is -2.34. The number of unbranched alkanes of at least 4 members (excludes halogenated alkanes) is 9. The lowest BCUT2D eigenvalue weighted by atomic mass is 10.1. The molecular formula is C40H68NO13P. The fourth-order valence-corrected chi connectivity index (χ4v) is 5.56. The van der Waals surface area contributed by atoms with E-state index >= 15 is 0 Å². The predicted octanol–water partition coefficient (Wildman–Crippen LogP) is 6.52. The van der Waals surface area contributed by atoms with Gasteiger partial charge < -0.3 is 40.5 Å². The number of carboxylic acid groups (broad SMARTS) is 1. The average Bonchev–Trinajstić information content (AvgIpc) is 3.14. The van der Waals surface area contributed by atoms with Crippen LogP contribution in [0.15, 0.2) is 60.8 Å². The van der Waals surface area contributed by atoms with Crippen molar-refractivity contribution in [1.29, 1.82) is 0 Å². The molecule has 0 aliphatic heterocycles. The highest BCUT2D eigenvalue weighted by atomic mass is 31.2. The van der Waals surface area contributed by atoms with Crippen molar-refractivity contribution < 1.29 is 62.8 Å². The van der Waals surface area contributed by atoms with Gasteiger partial charge in [-0.25, -0.2) is 4.57 Å². The maximum atomic E-state index is 12.6. The van der Waals surface area contributed by atoms with Gasteiger partial charge in [-0.15, -0.1) is 0 Å². The van der Waals surface area contributed by atoms with Crippen LogP contribution in [0.25, 0.3) is 0 Å². The van der Waals surface area contributed by atoms with E-state index in [1.54, 1.807) is 42.5 Å². The number of carboxylic acids is 1. The number of ether oxygens (including phenoxy) is 2. The zero-order valence-electron chi connectivity index (χ0n) is 32.8. The Labute approximate surface area is 327 Å². The molecule has 0 aromatic rings. The molecule has 0 fully saturated rings. The molecule has 0 bridgehead atoms. The number of phosphoric ester groups is 1. The van der Waals surface area contributed by atoms with Crippen molar-refractivity contribution in [3.8, 4) is 0 Å². The molecule has 1 unspecified atom stereocenters. The van der Waals surface area contributed by atoms with E-state index < -0.39 is 76.0 Å². The largest absolute Gasteiger partial charge is 0.480 e. The van der Waals surface area contributed by atoms with Crippen molar-refractivity contribution in [1.82, 2.24) is 0 Å². The monoisotopic (exact) mass is 801 g/mol. The molecule has 0 aromatic carbocycles. The Morgan fingerprint density at radius 2 is 1.25 bits per heavy atom. The Bertz CT molecular complexity index is 1220. The Morgan fingerprint density at radius 3 is 1.93 bits per heavy atom. The van der Waals surface area contributed by atoms with Crippen LogP contribution in [0.2, 0.25) is 0 Å². The van der Waals surface area contributed by atoms with Crippen LogP contribution in [-0.4, -0.2) is 93.5 Å². The number of phosphoric acid groups is 1. The summed E-state index contributed by atoms with van der Waals surface area (Å²) >= 11 is 0. The molecule has 0 aromatic heterocycles. The molecule has 0 amide bonds. The lowest BCUT2D eigenvalue weighted by molar-refractivity contribution is -0.161. The Balaban J connectivity index is 4.81. The Hall–Kier alpha value is -2.94. The SMILES string of the molecule is CCCC/C=C\CCCCCCCC(=O)OC[C@H](COP(=O)(O)OC[C@H](N)C(=O)O)OC(=O)CCC[C@H](O)[C@@H](O)/C=C/C=C/C=C\C=C\[C@@H](O)CCCCC. The molecule has 0 spiro atoms. The fourth-order valence-electron chi connectivity index (χ4n) is 4.78. The number of carbonyl (C=O) groups is 3. The normalized spacial score (nSPS) is 16.2. The van der Waals surface area contributed by atoms with E-state index in [0.717, 1.165) is 64.2 Å². The molecule has 316 valence electrons. The van der Waals surface area contributed by atoms with Crippen molar-refractivity contribution in [2.75, 3.05) is 19.8 Å². The summed E-state index contributed by atoms with van der Waals surface area (Å²) in [6.45, 7) is 2.26. The fraction of sp³-hybridized carbons (Fsp3) is 0.675. The third kappa shape index (κ3) is 33.0. The van der Waals surface area contributed by atoms with Crippen LogP contribution in [0.1, 0.15) is 123 Å². The molecule has 0 aliphatic rings. The topological polar surface area (TPSA) is 232 Å². The summed E-state index contributed by atoms with van der Waals surface area (Å²) < 4.78 is 32.3. The molecule has 15 heteroatoms. The number of rotatable bonds is 35. The molecular weight excluding hydrogens is 733 g/mol. The maximum absolute atomic E-state index is 12.6. The number of allylic oxidation sites excluding steroid dienone is 8. The summed E-state index contributed by atoms with van der Waals surface area (Å²) in [5.74, 6) is -2.78. The number of esters is 2. The number of nitrogens with two attached hydrogens (primary N) is 1.